The third kappa shape index (κ3) is 4.24. The van der Waals surface area contributed by atoms with E-state index >= 15 is 0 Å². The number of carbonyl (C=O) groups is 2. The molecule has 0 aliphatic rings. The number of rotatable bonds is 6. The summed E-state index contributed by atoms with van der Waals surface area (Å²) in [6.45, 7) is 5.38. The summed E-state index contributed by atoms with van der Waals surface area (Å²) in [6.07, 6.45) is 0.785. The molecular formula is C19H21N3O4. The highest BCUT2D eigenvalue weighted by Crippen LogP contribution is 2.23. The van der Waals surface area contributed by atoms with Gasteiger partial charge in [-0.1, -0.05) is 25.1 Å². The average Bonchev–Trinajstić information content (AvgIpc) is 2.61. The first-order chi connectivity index (χ1) is 12.3. The van der Waals surface area contributed by atoms with Crippen LogP contribution in [0.15, 0.2) is 42.5 Å². The fourth-order valence-corrected chi connectivity index (χ4v) is 2.45. The van der Waals surface area contributed by atoms with Crippen LogP contribution >= 0.6 is 0 Å². The number of carbonyl (C=O) groups excluding carboxylic acids is 2. The maximum atomic E-state index is 12.6. The molecule has 2 amide bonds. The Labute approximate surface area is 151 Å². The van der Waals surface area contributed by atoms with E-state index < -0.39 is 10.8 Å². The summed E-state index contributed by atoms with van der Waals surface area (Å²) in [5, 5.41) is 16.6. The van der Waals surface area contributed by atoms with Crippen LogP contribution in [0.5, 0.6) is 0 Å². The summed E-state index contributed by atoms with van der Waals surface area (Å²) in [5.74, 6) is -0.791. The predicted octanol–water partition coefficient (Wildman–Crippen LogP) is 3.68. The summed E-state index contributed by atoms with van der Waals surface area (Å²) >= 11 is 0. The number of nitro benzene ring substituents is 1. The minimum atomic E-state index is -0.528. The zero-order valence-electron chi connectivity index (χ0n) is 14.9. The Hall–Kier alpha value is -3.22. The van der Waals surface area contributed by atoms with Crippen molar-refractivity contribution in [2.75, 3.05) is 5.32 Å². The van der Waals surface area contributed by atoms with E-state index in [-0.39, 0.29) is 28.8 Å². The lowest BCUT2D eigenvalue weighted by atomic mass is 10.1. The minimum absolute atomic E-state index is 0.00488. The van der Waals surface area contributed by atoms with E-state index in [0.717, 1.165) is 6.42 Å². The number of anilines is 1. The van der Waals surface area contributed by atoms with Crippen LogP contribution in [0.4, 0.5) is 11.4 Å². The predicted molar refractivity (Wildman–Crippen MR) is 99.4 cm³/mol. The smallest absolute Gasteiger partial charge is 0.273 e. The van der Waals surface area contributed by atoms with Crippen LogP contribution in [-0.2, 0) is 0 Å². The van der Waals surface area contributed by atoms with Gasteiger partial charge >= 0.3 is 0 Å². The minimum Gasteiger partial charge on any atom is -0.350 e. The van der Waals surface area contributed by atoms with E-state index in [1.54, 1.807) is 24.3 Å². The number of benzene rings is 2. The fraction of sp³-hybridized carbons (Fsp3) is 0.263. The fourth-order valence-electron chi connectivity index (χ4n) is 2.45. The van der Waals surface area contributed by atoms with E-state index in [0.29, 0.717) is 11.3 Å². The van der Waals surface area contributed by atoms with Crippen LogP contribution in [0, 0.1) is 17.0 Å². The second-order valence-electron chi connectivity index (χ2n) is 5.99. The van der Waals surface area contributed by atoms with E-state index in [9.17, 15) is 19.7 Å². The molecule has 2 aromatic carbocycles. The number of para-hydroxylation sites is 1. The lowest BCUT2D eigenvalue weighted by molar-refractivity contribution is -0.385. The Kier molecular flexibility index (Phi) is 6.06. The van der Waals surface area contributed by atoms with Gasteiger partial charge in [-0.25, -0.2) is 0 Å². The highest BCUT2D eigenvalue weighted by atomic mass is 16.6. The van der Waals surface area contributed by atoms with Gasteiger partial charge < -0.3 is 10.6 Å². The maximum absolute atomic E-state index is 12.6. The van der Waals surface area contributed by atoms with E-state index in [4.69, 9.17) is 0 Å². The van der Waals surface area contributed by atoms with Crippen molar-refractivity contribution in [3.63, 3.8) is 0 Å². The van der Waals surface area contributed by atoms with Crippen LogP contribution in [0.3, 0.4) is 0 Å². The molecule has 7 nitrogen and oxygen atoms in total. The zero-order valence-corrected chi connectivity index (χ0v) is 14.9. The van der Waals surface area contributed by atoms with E-state index in [2.05, 4.69) is 10.6 Å². The van der Waals surface area contributed by atoms with Crippen molar-refractivity contribution >= 4 is 23.2 Å². The highest BCUT2D eigenvalue weighted by Gasteiger charge is 2.20. The van der Waals surface area contributed by atoms with Crippen LogP contribution in [0.1, 0.15) is 46.5 Å². The largest absolute Gasteiger partial charge is 0.350 e. The SMILES string of the molecule is CCC(C)NC(=O)c1ccccc1NC(=O)c1cccc([N+](=O)[O-])c1C. The van der Waals surface area contributed by atoms with E-state index in [1.165, 1.54) is 25.1 Å². The Morgan fingerprint density at radius 2 is 1.73 bits per heavy atom. The molecule has 136 valence electrons. The number of nitrogens with zero attached hydrogens (tertiary/aromatic N) is 1. The van der Waals surface area contributed by atoms with Gasteiger partial charge in [-0.2, -0.15) is 0 Å². The molecule has 1 unspecified atom stereocenters. The molecule has 2 aromatic rings. The molecule has 0 fully saturated rings. The van der Waals surface area contributed by atoms with Gasteiger partial charge in [0.25, 0.3) is 17.5 Å². The molecular weight excluding hydrogens is 334 g/mol. The molecule has 0 saturated heterocycles. The topological polar surface area (TPSA) is 101 Å². The molecule has 0 spiro atoms. The van der Waals surface area contributed by atoms with E-state index in [1.807, 2.05) is 13.8 Å². The lowest BCUT2D eigenvalue weighted by Crippen LogP contribution is -2.32. The van der Waals surface area contributed by atoms with Gasteiger partial charge in [0.05, 0.1) is 16.2 Å². The van der Waals surface area contributed by atoms with Crippen molar-refractivity contribution in [2.45, 2.75) is 33.2 Å². The Morgan fingerprint density at radius 3 is 2.38 bits per heavy atom. The number of hydrogen-bond donors (Lipinski definition) is 2. The maximum Gasteiger partial charge on any atom is 0.273 e. The molecule has 0 aliphatic carbocycles. The molecule has 2 rings (SSSR count). The first-order valence-electron chi connectivity index (χ1n) is 8.30. The first kappa shape index (κ1) is 19.1. The standard InChI is InChI=1S/C19H21N3O4/c1-4-12(2)20-19(24)15-8-5-6-10-16(15)21-18(23)14-9-7-11-17(13(14)3)22(25)26/h5-12H,4H2,1-3H3,(H,20,24)(H,21,23). The second-order valence-corrected chi connectivity index (χ2v) is 5.99. The quantitative estimate of drug-likeness (QED) is 0.609. The molecule has 7 heteroatoms. The monoisotopic (exact) mass is 355 g/mol. The summed E-state index contributed by atoms with van der Waals surface area (Å²) in [7, 11) is 0. The molecule has 0 aromatic heterocycles. The third-order valence-electron chi connectivity index (χ3n) is 4.16. The molecule has 0 heterocycles. The normalized spacial score (nSPS) is 11.5. The molecule has 2 N–H and O–H groups in total. The van der Waals surface area contributed by atoms with Gasteiger partial charge in [-0.15, -0.1) is 0 Å². The Balaban J connectivity index is 2.30. The molecule has 1 atom stereocenters. The Bertz CT molecular complexity index is 848. The van der Waals surface area contributed by atoms with Crippen molar-refractivity contribution in [2.24, 2.45) is 0 Å². The van der Waals surface area contributed by atoms with Crippen LogP contribution in [0.2, 0.25) is 0 Å². The van der Waals surface area contributed by atoms with Gasteiger partial charge in [0, 0.05) is 23.2 Å². The van der Waals surface area contributed by atoms with Gasteiger partial charge in [-0.05, 0) is 38.5 Å². The van der Waals surface area contributed by atoms with Gasteiger partial charge in [-0.3, -0.25) is 19.7 Å². The average molecular weight is 355 g/mol. The highest BCUT2D eigenvalue weighted by molar-refractivity contribution is 6.10. The molecule has 0 radical (unpaired) electrons. The molecule has 0 saturated carbocycles. The zero-order chi connectivity index (χ0) is 19.3. The van der Waals surface area contributed by atoms with Gasteiger partial charge in [0.15, 0.2) is 0 Å². The molecule has 0 aliphatic heterocycles. The molecule has 0 bridgehead atoms. The number of hydrogen-bond acceptors (Lipinski definition) is 4. The van der Waals surface area contributed by atoms with Crippen LogP contribution in [-0.4, -0.2) is 22.8 Å². The summed E-state index contributed by atoms with van der Waals surface area (Å²) in [4.78, 5) is 35.5. The number of nitro groups is 1. The molecule has 26 heavy (non-hydrogen) atoms. The third-order valence-corrected chi connectivity index (χ3v) is 4.16. The second kappa shape index (κ2) is 8.24. The summed E-state index contributed by atoms with van der Waals surface area (Å²) in [5.41, 5.74) is 1.03. The number of nitrogens with one attached hydrogen (secondary N) is 2. The van der Waals surface area contributed by atoms with Crippen molar-refractivity contribution in [1.82, 2.24) is 5.32 Å². The summed E-state index contributed by atoms with van der Waals surface area (Å²) < 4.78 is 0. The summed E-state index contributed by atoms with van der Waals surface area (Å²) in [6, 6.07) is 11.0. The van der Waals surface area contributed by atoms with Crippen LogP contribution < -0.4 is 10.6 Å². The van der Waals surface area contributed by atoms with Crippen molar-refractivity contribution < 1.29 is 14.5 Å². The van der Waals surface area contributed by atoms with Crippen LogP contribution in [0.25, 0.3) is 0 Å². The van der Waals surface area contributed by atoms with Crippen molar-refractivity contribution in [3.05, 3.63) is 69.3 Å². The van der Waals surface area contributed by atoms with Crippen molar-refractivity contribution in [3.8, 4) is 0 Å². The van der Waals surface area contributed by atoms with Gasteiger partial charge in [0.1, 0.15) is 0 Å². The van der Waals surface area contributed by atoms with Gasteiger partial charge in [0.2, 0.25) is 0 Å². The Morgan fingerprint density at radius 1 is 1.08 bits per heavy atom. The van der Waals surface area contributed by atoms with Crippen molar-refractivity contribution in [1.29, 1.82) is 0 Å². The number of amides is 2. The lowest BCUT2D eigenvalue weighted by Gasteiger charge is -2.15. The first-order valence-corrected chi connectivity index (χ1v) is 8.30.